The van der Waals surface area contributed by atoms with Gasteiger partial charge < -0.3 is 14.5 Å². The Morgan fingerprint density at radius 1 is 1.35 bits per heavy atom. The van der Waals surface area contributed by atoms with Crippen molar-refractivity contribution in [1.29, 1.82) is 0 Å². The zero-order chi connectivity index (χ0) is 14.3. The van der Waals surface area contributed by atoms with Gasteiger partial charge in [0.05, 0.1) is 24.9 Å². The van der Waals surface area contributed by atoms with E-state index in [9.17, 15) is 13.2 Å². The van der Waals surface area contributed by atoms with Crippen molar-refractivity contribution in [3.63, 3.8) is 0 Å². The van der Waals surface area contributed by atoms with Crippen LogP contribution in [0.3, 0.4) is 0 Å². The maximum Gasteiger partial charge on any atom is 0.416 e. The van der Waals surface area contributed by atoms with Crippen LogP contribution in [0.1, 0.15) is 11.3 Å². The van der Waals surface area contributed by atoms with Crippen LogP contribution in [0.5, 0.6) is 0 Å². The third-order valence-corrected chi connectivity index (χ3v) is 3.07. The van der Waals surface area contributed by atoms with Gasteiger partial charge in [0.2, 0.25) is 5.76 Å². The number of benzene rings is 1. The monoisotopic (exact) mass is 284 g/mol. The lowest BCUT2D eigenvalue weighted by molar-refractivity contribution is -0.137. The van der Waals surface area contributed by atoms with Gasteiger partial charge in [-0.3, -0.25) is 0 Å². The Bertz CT molecular complexity index is 689. The van der Waals surface area contributed by atoms with E-state index in [1.165, 1.54) is 13.2 Å². The molecule has 0 unspecified atom stereocenters. The molecule has 7 heteroatoms. The largest absolute Gasteiger partial charge is 0.479 e. The fourth-order valence-electron chi connectivity index (χ4n) is 2.17. The molecule has 0 atom stereocenters. The van der Waals surface area contributed by atoms with E-state index in [1.807, 2.05) is 0 Å². The van der Waals surface area contributed by atoms with Gasteiger partial charge in [0.1, 0.15) is 5.58 Å². The minimum atomic E-state index is -4.39. The van der Waals surface area contributed by atoms with Gasteiger partial charge in [0.15, 0.2) is 0 Å². The van der Waals surface area contributed by atoms with E-state index in [4.69, 9.17) is 9.15 Å². The number of furan rings is 1. The molecule has 20 heavy (non-hydrogen) atoms. The van der Waals surface area contributed by atoms with Crippen molar-refractivity contribution >= 4 is 22.6 Å². The van der Waals surface area contributed by atoms with Crippen LogP contribution in [0.4, 0.5) is 18.9 Å². The van der Waals surface area contributed by atoms with Crippen molar-refractivity contribution in [3.8, 4) is 0 Å². The van der Waals surface area contributed by atoms with Crippen LogP contribution in [0.15, 0.2) is 27.6 Å². The summed E-state index contributed by atoms with van der Waals surface area (Å²) in [4.78, 5) is 4.17. The van der Waals surface area contributed by atoms with Gasteiger partial charge >= 0.3 is 6.18 Å². The zero-order valence-electron chi connectivity index (χ0n) is 10.5. The van der Waals surface area contributed by atoms with Crippen LogP contribution in [0.25, 0.3) is 11.0 Å². The molecule has 0 bridgehead atoms. The highest BCUT2D eigenvalue weighted by Gasteiger charge is 2.32. The number of fused-ring (bicyclic) bond motifs is 3. The normalized spacial score (nSPS) is 15.3. The highest BCUT2D eigenvalue weighted by atomic mass is 19.4. The molecule has 1 aliphatic heterocycles. The van der Waals surface area contributed by atoms with E-state index in [1.54, 1.807) is 0 Å². The average molecular weight is 284 g/mol. The SMILES string of the molecule is COC1=NCCNc2c1oc1ccc(C(F)(F)F)cc21. The summed E-state index contributed by atoms with van der Waals surface area (Å²) < 4.78 is 49.0. The Morgan fingerprint density at radius 3 is 2.85 bits per heavy atom. The molecule has 0 amide bonds. The summed E-state index contributed by atoms with van der Waals surface area (Å²) in [6, 6.07) is 3.37. The summed E-state index contributed by atoms with van der Waals surface area (Å²) in [6.07, 6.45) is -4.39. The lowest BCUT2D eigenvalue weighted by Gasteiger charge is -2.06. The van der Waals surface area contributed by atoms with E-state index in [0.717, 1.165) is 12.1 Å². The molecule has 0 saturated heterocycles. The highest BCUT2D eigenvalue weighted by Crippen LogP contribution is 2.37. The molecule has 1 N–H and O–H groups in total. The molecule has 0 saturated carbocycles. The fraction of sp³-hybridized carbons (Fsp3) is 0.308. The molecule has 2 heterocycles. The maximum atomic E-state index is 12.8. The Hall–Kier alpha value is -2.18. The Labute approximate surface area is 112 Å². The van der Waals surface area contributed by atoms with Crippen molar-refractivity contribution in [2.45, 2.75) is 6.18 Å². The van der Waals surface area contributed by atoms with Gasteiger partial charge in [-0.2, -0.15) is 13.2 Å². The first-order chi connectivity index (χ1) is 9.50. The summed E-state index contributed by atoms with van der Waals surface area (Å²) in [7, 11) is 1.45. The number of ether oxygens (including phenoxy) is 1. The molecular formula is C13H11F3N2O2. The third kappa shape index (κ3) is 1.99. The molecule has 1 aliphatic rings. The second kappa shape index (κ2) is 4.43. The Morgan fingerprint density at radius 2 is 2.15 bits per heavy atom. The van der Waals surface area contributed by atoms with Gasteiger partial charge in [0.25, 0.3) is 5.90 Å². The van der Waals surface area contributed by atoms with Crippen LogP contribution in [0, 0.1) is 0 Å². The number of nitrogens with one attached hydrogen (secondary N) is 1. The summed E-state index contributed by atoms with van der Waals surface area (Å²) >= 11 is 0. The fourth-order valence-corrected chi connectivity index (χ4v) is 2.17. The number of aliphatic imine (C=N–C) groups is 1. The molecule has 3 rings (SSSR count). The quantitative estimate of drug-likeness (QED) is 0.807. The number of hydrogen-bond acceptors (Lipinski definition) is 4. The van der Waals surface area contributed by atoms with E-state index < -0.39 is 11.7 Å². The van der Waals surface area contributed by atoms with Crippen molar-refractivity contribution in [2.75, 3.05) is 25.5 Å². The molecule has 1 aromatic carbocycles. The topological polar surface area (TPSA) is 46.8 Å². The zero-order valence-corrected chi connectivity index (χ0v) is 10.5. The predicted molar refractivity (Wildman–Crippen MR) is 68.1 cm³/mol. The predicted octanol–water partition coefficient (Wildman–Crippen LogP) is 3.27. The molecule has 106 valence electrons. The van der Waals surface area contributed by atoms with E-state index in [-0.39, 0.29) is 5.90 Å². The second-order valence-corrected chi connectivity index (χ2v) is 4.33. The number of anilines is 1. The van der Waals surface area contributed by atoms with Gasteiger partial charge in [-0.15, -0.1) is 0 Å². The number of methoxy groups -OCH3 is 1. The lowest BCUT2D eigenvalue weighted by atomic mass is 10.1. The van der Waals surface area contributed by atoms with Crippen LogP contribution < -0.4 is 5.32 Å². The first-order valence-corrected chi connectivity index (χ1v) is 5.97. The summed E-state index contributed by atoms with van der Waals surface area (Å²) in [6.45, 7) is 0.971. The van der Waals surface area contributed by atoms with Crippen molar-refractivity contribution < 1.29 is 22.3 Å². The minimum absolute atomic E-state index is 0.287. The first kappa shape index (κ1) is 12.8. The van der Waals surface area contributed by atoms with Crippen LogP contribution in [0.2, 0.25) is 0 Å². The molecule has 4 nitrogen and oxygen atoms in total. The molecule has 2 aromatic rings. The highest BCUT2D eigenvalue weighted by molar-refractivity contribution is 6.06. The number of nitrogens with zero attached hydrogens (tertiary/aromatic N) is 1. The summed E-state index contributed by atoms with van der Waals surface area (Å²) in [5.74, 6) is 0.620. The number of rotatable bonds is 0. The van der Waals surface area contributed by atoms with E-state index in [2.05, 4.69) is 10.3 Å². The summed E-state index contributed by atoms with van der Waals surface area (Å²) in [5.41, 5.74) is 0.141. The second-order valence-electron chi connectivity index (χ2n) is 4.33. The van der Waals surface area contributed by atoms with E-state index >= 15 is 0 Å². The number of halogens is 3. The summed E-state index contributed by atoms with van der Waals surface area (Å²) in [5, 5.41) is 3.41. The Kier molecular flexibility index (Phi) is 2.84. The van der Waals surface area contributed by atoms with Crippen LogP contribution in [-0.2, 0) is 10.9 Å². The standard InChI is InChI=1S/C13H11F3N2O2/c1-19-12-11-10(17-4-5-18-12)8-6-7(13(14,15)16)2-3-9(8)20-11/h2-3,6,17H,4-5H2,1H3. The lowest BCUT2D eigenvalue weighted by Crippen LogP contribution is -2.05. The van der Waals surface area contributed by atoms with Crippen LogP contribution >= 0.6 is 0 Å². The Balaban J connectivity index is 2.22. The molecule has 0 aliphatic carbocycles. The van der Waals surface area contributed by atoms with Crippen molar-refractivity contribution in [1.82, 2.24) is 0 Å². The van der Waals surface area contributed by atoms with Gasteiger partial charge in [-0.1, -0.05) is 0 Å². The van der Waals surface area contributed by atoms with Crippen LogP contribution in [-0.4, -0.2) is 26.1 Å². The molecule has 0 radical (unpaired) electrons. The van der Waals surface area contributed by atoms with Gasteiger partial charge in [-0.25, -0.2) is 4.99 Å². The van der Waals surface area contributed by atoms with E-state index in [0.29, 0.717) is 35.5 Å². The average Bonchev–Trinajstić information content (AvgIpc) is 2.63. The molecule has 0 fully saturated rings. The van der Waals surface area contributed by atoms with Crippen molar-refractivity contribution in [3.05, 3.63) is 29.5 Å². The first-order valence-electron chi connectivity index (χ1n) is 5.97. The van der Waals surface area contributed by atoms with Crippen molar-refractivity contribution in [2.24, 2.45) is 4.99 Å². The number of hydrogen-bond donors (Lipinski definition) is 1. The minimum Gasteiger partial charge on any atom is -0.479 e. The number of alkyl halides is 3. The molecular weight excluding hydrogens is 273 g/mol. The van der Waals surface area contributed by atoms with Gasteiger partial charge in [0, 0.05) is 11.9 Å². The maximum absolute atomic E-state index is 12.8. The molecule has 1 aromatic heterocycles. The third-order valence-electron chi connectivity index (χ3n) is 3.07. The molecule has 0 spiro atoms. The van der Waals surface area contributed by atoms with Gasteiger partial charge in [-0.05, 0) is 18.2 Å². The smallest absolute Gasteiger partial charge is 0.416 e.